The zero-order valence-electron chi connectivity index (χ0n) is 16.2. The van der Waals surface area contributed by atoms with Gasteiger partial charge in [0.05, 0.1) is 25.8 Å². The van der Waals surface area contributed by atoms with Crippen molar-refractivity contribution in [3.05, 3.63) is 59.1 Å². The van der Waals surface area contributed by atoms with Crippen LogP contribution in [0.25, 0.3) is 10.6 Å². The van der Waals surface area contributed by atoms with Crippen LogP contribution in [0, 0.1) is 0 Å². The number of para-hydroxylation sites is 1. The molecule has 0 radical (unpaired) electrons. The quantitative estimate of drug-likeness (QED) is 0.549. The summed E-state index contributed by atoms with van der Waals surface area (Å²) in [6.45, 7) is 1.96. The summed E-state index contributed by atoms with van der Waals surface area (Å²) in [7, 11) is 3.18. The van der Waals surface area contributed by atoms with Gasteiger partial charge in [0, 0.05) is 10.3 Å². The van der Waals surface area contributed by atoms with Crippen molar-refractivity contribution < 1.29 is 14.3 Å². The van der Waals surface area contributed by atoms with Gasteiger partial charge in [-0.15, -0.1) is 23.1 Å². The molecule has 1 heterocycles. The third-order valence-corrected chi connectivity index (χ3v) is 5.95. The molecule has 3 rings (SSSR count). The van der Waals surface area contributed by atoms with Crippen LogP contribution in [-0.2, 0) is 0 Å². The third kappa shape index (κ3) is 4.31. The first-order valence-electron chi connectivity index (χ1n) is 8.69. The minimum atomic E-state index is -0.203. The Morgan fingerprint density at radius 3 is 2.54 bits per heavy atom. The molecule has 1 N–H and O–H groups in total. The maximum Gasteiger partial charge on any atom is 0.271 e. The fourth-order valence-corrected chi connectivity index (χ4v) is 4.03. The number of methoxy groups -OCH3 is 2. The Hall–Kier alpha value is -2.51. The van der Waals surface area contributed by atoms with Gasteiger partial charge in [-0.3, -0.25) is 4.79 Å². The second-order valence-corrected chi connectivity index (χ2v) is 7.79. The number of thioether (sulfide) groups is 1. The van der Waals surface area contributed by atoms with Gasteiger partial charge >= 0.3 is 0 Å². The average Bonchev–Trinajstić information content (AvgIpc) is 3.23. The number of carbonyl (C=O) groups is 1. The van der Waals surface area contributed by atoms with Gasteiger partial charge < -0.3 is 14.8 Å². The van der Waals surface area contributed by atoms with E-state index in [0.717, 1.165) is 11.1 Å². The second-order valence-electron chi connectivity index (χ2n) is 6.05. The molecule has 0 spiro atoms. The normalized spacial score (nSPS) is 11.7. The summed E-state index contributed by atoms with van der Waals surface area (Å²) < 4.78 is 10.8. The first kappa shape index (κ1) is 20.2. The summed E-state index contributed by atoms with van der Waals surface area (Å²) in [6.07, 6.45) is 2.04. The van der Waals surface area contributed by atoms with E-state index in [4.69, 9.17) is 9.47 Å². The van der Waals surface area contributed by atoms with Crippen molar-refractivity contribution in [3.63, 3.8) is 0 Å². The molecule has 0 aliphatic rings. The molecule has 28 heavy (non-hydrogen) atoms. The van der Waals surface area contributed by atoms with E-state index >= 15 is 0 Å². The second kappa shape index (κ2) is 9.12. The number of nitrogens with one attached hydrogen (secondary N) is 1. The van der Waals surface area contributed by atoms with Crippen LogP contribution in [-0.4, -0.2) is 31.4 Å². The van der Waals surface area contributed by atoms with Gasteiger partial charge in [-0.2, -0.15) is 0 Å². The summed E-state index contributed by atoms with van der Waals surface area (Å²) >= 11 is 3.09. The molecular formula is C21H22N2O3S2. The van der Waals surface area contributed by atoms with Crippen LogP contribution in [0.4, 0.5) is 0 Å². The van der Waals surface area contributed by atoms with Crippen LogP contribution in [0.5, 0.6) is 11.5 Å². The highest BCUT2D eigenvalue weighted by Gasteiger charge is 2.18. The van der Waals surface area contributed by atoms with E-state index in [0.29, 0.717) is 22.2 Å². The van der Waals surface area contributed by atoms with Crippen LogP contribution in [0.1, 0.15) is 29.0 Å². The number of ether oxygens (including phenoxy) is 2. The lowest BCUT2D eigenvalue weighted by Gasteiger charge is -2.14. The third-order valence-electron chi connectivity index (χ3n) is 4.33. The van der Waals surface area contributed by atoms with Gasteiger partial charge in [0.25, 0.3) is 5.91 Å². The molecule has 2 aromatic carbocycles. The summed E-state index contributed by atoms with van der Waals surface area (Å²) in [4.78, 5) is 18.3. The predicted molar refractivity (Wildman–Crippen MR) is 115 cm³/mol. The minimum absolute atomic E-state index is 0.111. The van der Waals surface area contributed by atoms with Crippen LogP contribution in [0.2, 0.25) is 0 Å². The highest BCUT2D eigenvalue weighted by atomic mass is 32.2. The van der Waals surface area contributed by atoms with Gasteiger partial charge in [-0.25, -0.2) is 4.98 Å². The number of benzene rings is 2. The van der Waals surface area contributed by atoms with Crippen LogP contribution < -0.4 is 14.8 Å². The van der Waals surface area contributed by atoms with Crippen molar-refractivity contribution in [1.82, 2.24) is 10.3 Å². The molecule has 0 saturated carbocycles. The van der Waals surface area contributed by atoms with E-state index in [-0.39, 0.29) is 11.9 Å². The van der Waals surface area contributed by atoms with Gasteiger partial charge in [-0.1, -0.05) is 18.2 Å². The molecule has 3 aromatic rings. The Bertz CT molecular complexity index is 955. The SMILES string of the molecule is COc1cccc(-c2nc(C(=O)NC(C)c3ccc(SC)cc3)cs2)c1OC. The molecule has 1 amide bonds. The summed E-state index contributed by atoms with van der Waals surface area (Å²) in [6, 6.07) is 13.7. The largest absolute Gasteiger partial charge is 0.493 e. The van der Waals surface area contributed by atoms with Crippen molar-refractivity contribution in [3.8, 4) is 22.1 Å². The lowest BCUT2D eigenvalue weighted by molar-refractivity contribution is 0.0935. The first-order valence-corrected chi connectivity index (χ1v) is 10.8. The summed E-state index contributed by atoms with van der Waals surface area (Å²) in [5.74, 6) is 1.03. The van der Waals surface area contributed by atoms with Gasteiger partial charge in [0.1, 0.15) is 10.7 Å². The predicted octanol–water partition coefficient (Wildman–Crippen LogP) is 5.04. The summed E-state index contributed by atoms with van der Waals surface area (Å²) in [5.41, 5.74) is 2.24. The lowest BCUT2D eigenvalue weighted by Crippen LogP contribution is -2.26. The Labute approximate surface area is 173 Å². The van der Waals surface area contributed by atoms with Crippen molar-refractivity contribution in [2.24, 2.45) is 0 Å². The van der Waals surface area contributed by atoms with E-state index in [1.807, 2.05) is 43.5 Å². The molecule has 7 heteroatoms. The van der Waals surface area contributed by atoms with E-state index in [1.54, 1.807) is 31.4 Å². The number of aromatic nitrogens is 1. The number of nitrogens with zero attached hydrogens (tertiary/aromatic N) is 1. The van der Waals surface area contributed by atoms with Crippen molar-refractivity contribution in [2.45, 2.75) is 17.9 Å². The molecule has 146 valence electrons. The number of hydrogen-bond donors (Lipinski definition) is 1. The van der Waals surface area contributed by atoms with Crippen molar-refractivity contribution in [1.29, 1.82) is 0 Å². The molecule has 0 bridgehead atoms. The maximum atomic E-state index is 12.6. The number of thiazole rings is 1. The first-order chi connectivity index (χ1) is 13.6. The van der Waals surface area contributed by atoms with Crippen molar-refractivity contribution in [2.75, 3.05) is 20.5 Å². The molecule has 0 aliphatic heterocycles. The lowest BCUT2D eigenvalue weighted by atomic mass is 10.1. The highest BCUT2D eigenvalue weighted by Crippen LogP contribution is 2.39. The van der Waals surface area contributed by atoms with E-state index in [2.05, 4.69) is 22.4 Å². The molecule has 0 saturated heterocycles. The van der Waals surface area contributed by atoms with E-state index in [1.165, 1.54) is 16.2 Å². The molecular weight excluding hydrogens is 392 g/mol. The standard InChI is InChI=1S/C21H22N2O3S2/c1-13(14-8-10-15(27-4)11-9-14)22-20(24)17-12-28-21(23-17)16-6-5-7-18(25-2)19(16)26-3/h5-13H,1-4H3,(H,22,24). The number of carbonyl (C=O) groups excluding carboxylic acids is 1. The average molecular weight is 415 g/mol. The monoisotopic (exact) mass is 414 g/mol. The van der Waals surface area contributed by atoms with Gasteiger partial charge in [0.2, 0.25) is 0 Å². The highest BCUT2D eigenvalue weighted by molar-refractivity contribution is 7.98. The van der Waals surface area contributed by atoms with Crippen molar-refractivity contribution >= 4 is 29.0 Å². The van der Waals surface area contributed by atoms with Crippen LogP contribution in [0.15, 0.2) is 52.7 Å². The molecule has 1 aromatic heterocycles. The Kier molecular flexibility index (Phi) is 6.59. The smallest absolute Gasteiger partial charge is 0.271 e. The summed E-state index contributed by atoms with van der Waals surface area (Å²) in [5, 5.41) is 5.47. The number of amides is 1. The van der Waals surface area contributed by atoms with E-state index in [9.17, 15) is 4.79 Å². The topological polar surface area (TPSA) is 60.5 Å². The minimum Gasteiger partial charge on any atom is -0.493 e. The fourth-order valence-electron chi connectivity index (χ4n) is 2.80. The molecule has 0 fully saturated rings. The zero-order valence-corrected chi connectivity index (χ0v) is 17.8. The Balaban J connectivity index is 1.77. The number of hydrogen-bond acceptors (Lipinski definition) is 6. The number of rotatable bonds is 7. The molecule has 5 nitrogen and oxygen atoms in total. The molecule has 0 aliphatic carbocycles. The maximum absolute atomic E-state index is 12.6. The van der Waals surface area contributed by atoms with Gasteiger partial charge in [0.15, 0.2) is 11.5 Å². The zero-order chi connectivity index (χ0) is 20.1. The van der Waals surface area contributed by atoms with Gasteiger partial charge in [-0.05, 0) is 43.0 Å². The molecule has 1 atom stereocenters. The fraction of sp³-hybridized carbons (Fsp3) is 0.238. The Morgan fingerprint density at radius 1 is 1.14 bits per heavy atom. The van der Waals surface area contributed by atoms with Crippen LogP contribution in [0.3, 0.4) is 0 Å². The Morgan fingerprint density at radius 2 is 1.89 bits per heavy atom. The van der Waals surface area contributed by atoms with E-state index < -0.39 is 0 Å². The molecule has 1 unspecified atom stereocenters. The van der Waals surface area contributed by atoms with Crippen LogP contribution >= 0.6 is 23.1 Å².